The maximum Gasteiger partial charge on any atom is 0.252 e. The van der Waals surface area contributed by atoms with Crippen molar-refractivity contribution < 1.29 is 14.3 Å². The molecule has 1 saturated heterocycles. The Bertz CT molecular complexity index is 773. The predicted molar refractivity (Wildman–Crippen MR) is 108 cm³/mol. The van der Waals surface area contributed by atoms with Gasteiger partial charge >= 0.3 is 0 Å². The number of hydrogen-bond acceptors (Lipinski definition) is 5. The second-order valence-corrected chi connectivity index (χ2v) is 8.16. The lowest BCUT2D eigenvalue weighted by molar-refractivity contribution is -0.0295. The van der Waals surface area contributed by atoms with E-state index in [1.54, 1.807) is 30.3 Å². The lowest BCUT2D eigenvalue weighted by atomic mass is 10.0. The van der Waals surface area contributed by atoms with Gasteiger partial charge in [0, 0.05) is 31.7 Å². The van der Waals surface area contributed by atoms with E-state index in [1.807, 2.05) is 11.4 Å². The Labute approximate surface area is 164 Å². The molecular formula is C21H26N2O3S. The summed E-state index contributed by atoms with van der Waals surface area (Å²) in [6, 6.07) is 10.6. The summed E-state index contributed by atoms with van der Waals surface area (Å²) in [7, 11) is 0. The molecule has 1 aliphatic heterocycles. The standard InChI is InChI=1S/C21H26N2O3S/c1-15(2)13-23-9-10-26-16(14-23)12-22-21(25)18-7-4-3-6-17(18)20(24)19-8-5-11-27-19/h3-8,11,15-16H,9-10,12-14H2,1-2H3,(H,22,25). The van der Waals surface area contributed by atoms with Crippen LogP contribution in [0.3, 0.4) is 0 Å². The van der Waals surface area contributed by atoms with E-state index in [0.717, 1.165) is 19.6 Å². The monoisotopic (exact) mass is 386 g/mol. The molecule has 1 amide bonds. The Morgan fingerprint density at radius 2 is 2.00 bits per heavy atom. The van der Waals surface area contributed by atoms with Crippen LogP contribution in [0, 0.1) is 5.92 Å². The maximum atomic E-state index is 12.7. The molecule has 0 spiro atoms. The van der Waals surface area contributed by atoms with E-state index >= 15 is 0 Å². The third kappa shape index (κ3) is 5.25. The van der Waals surface area contributed by atoms with Crippen LogP contribution < -0.4 is 5.32 Å². The summed E-state index contributed by atoms with van der Waals surface area (Å²) < 4.78 is 5.79. The third-order valence-electron chi connectivity index (χ3n) is 4.50. The molecule has 1 fully saturated rings. The minimum absolute atomic E-state index is 0.0263. The molecular weight excluding hydrogens is 360 g/mol. The Morgan fingerprint density at radius 3 is 2.70 bits per heavy atom. The summed E-state index contributed by atoms with van der Waals surface area (Å²) in [6.45, 7) is 8.30. The molecule has 0 radical (unpaired) electrons. The van der Waals surface area contributed by atoms with Crippen molar-refractivity contribution >= 4 is 23.0 Å². The summed E-state index contributed by atoms with van der Waals surface area (Å²) in [5.41, 5.74) is 0.842. The van der Waals surface area contributed by atoms with Gasteiger partial charge in [-0.3, -0.25) is 14.5 Å². The number of nitrogens with zero attached hydrogens (tertiary/aromatic N) is 1. The Morgan fingerprint density at radius 1 is 1.22 bits per heavy atom. The average Bonchev–Trinajstić information content (AvgIpc) is 3.20. The molecule has 2 aromatic rings. The number of amides is 1. The highest BCUT2D eigenvalue weighted by Gasteiger charge is 2.23. The molecule has 1 unspecified atom stereocenters. The molecule has 1 atom stereocenters. The Kier molecular flexibility index (Phi) is 6.77. The number of carbonyl (C=O) groups excluding carboxylic acids is 2. The van der Waals surface area contributed by atoms with Gasteiger partial charge < -0.3 is 10.1 Å². The van der Waals surface area contributed by atoms with E-state index in [2.05, 4.69) is 24.1 Å². The molecule has 1 N–H and O–H groups in total. The lowest BCUT2D eigenvalue weighted by Gasteiger charge is -2.34. The van der Waals surface area contributed by atoms with E-state index < -0.39 is 0 Å². The number of morpholine rings is 1. The normalized spacial score (nSPS) is 17.8. The molecule has 1 aromatic heterocycles. The first-order chi connectivity index (χ1) is 13.0. The fourth-order valence-electron chi connectivity index (χ4n) is 3.31. The van der Waals surface area contributed by atoms with Gasteiger partial charge in [0.05, 0.1) is 23.2 Å². The second-order valence-electron chi connectivity index (χ2n) is 7.21. The molecule has 6 heteroatoms. The van der Waals surface area contributed by atoms with Gasteiger partial charge in [0.2, 0.25) is 5.78 Å². The van der Waals surface area contributed by atoms with E-state index in [4.69, 9.17) is 4.74 Å². The summed E-state index contributed by atoms with van der Waals surface area (Å²) in [4.78, 5) is 28.4. The van der Waals surface area contributed by atoms with Crippen molar-refractivity contribution in [2.24, 2.45) is 5.92 Å². The number of nitrogens with one attached hydrogen (secondary N) is 1. The highest BCUT2D eigenvalue weighted by atomic mass is 32.1. The number of thiophene rings is 1. The van der Waals surface area contributed by atoms with Crippen LogP contribution in [0.5, 0.6) is 0 Å². The van der Waals surface area contributed by atoms with Crippen LogP contribution in [0.15, 0.2) is 41.8 Å². The number of rotatable bonds is 7. The van der Waals surface area contributed by atoms with Crippen molar-refractivity contribution in [2.45, 2.75) is 20.0 Å². The van der Waals surface area contributed by atoms with Gasteiger partial charge in [0.1, 0.15) is 0 Å². The van der Waals surface area contributed by atoms with Crippen LogP contribution in [0.1, 0.15) is 39.4 Å². The first-order valence-corrected chi connectivity index (χ1v) is 10.2. The van der Waals surface area contributed by atoms with Gasteiger partial charge in [-0.25, -0.2) is 0 Å². The van der Waals surface area contributed by atoms with E-state index in [9.17, 15) is 9.59 Å². The zero-order valence-corrected chi connectivity index (χ0v) is 16.6. The largest absolute Gasteiger partial charge is 0.374 e. The molecule has 0 saturated carbocycles. The highest BCUT2D eigenvalue weighted by Crippen LogP contribution is 2.18. The molecule has 5 nitrogen and oxygen atoms in total. The Balaban J connectivity index is 1.62. The third-order valence-corrected chi connectivity index (χ3v) is 5.37. The van der Waals surface area contributed by atoms with Crippen molar-refractivity contribution in [1.29, 1.82) is 0 Å². The van der Waals surface area contributed by atoms with Gasteiger partial charge in [0.15, 0.2) is 0 Å². The SMILES string of the molecule is CC(C)CN1CCOC(CNC(=O)c2ccccc2C(=O)c2cccs2)C1. The van der Waals surface area contributed by atoms with Crippen LogP contribution in [0.25, 0.3) is 0 Å². The number of ketones is 1. The van der Waals surface area contributed by atoms with E-state index in [-0.39, 0.29) is 17.8 Å². The summed E-state index contributed by atoms with van der Waals surface area (Å²) >= 11 is 1.38. The van der Waals surface area contributed by atoms with Crippen LogP contribution in [0.4, 0.5) is 0 Å². The van der Waals surface area contributed by atoms with Gasteiger partial charge in [-0.05, 0) is 23.4 Å². The number of hydrogen-bond donors (Lipinski definition) is 1. The first kappa shape index (κ1) is 19.7. The number of carbonyl (C=O) groups is 2. The minimum atomic E-state index is -0.236. The minimum Gasteiger partial charge on any atom is -0.374 e. The number of ether oxygens (including phenoxy) is 1. The maximum absolute atomic E-state index is 12.7. The average molecular weight is 387 g/mol. The van der Waals surface area contributed by atoms with Crippen LogP contribution in [0.2, 0.25) is 0 Å². The second kappa shape index (κ2) is 9.26. The molecule has 3 rings (SSSR count). The van der Waals surface area contributed by atoms with E-state index in [0.29, 0.717) is 35.1 Å². The molecule has 2 heterocycles. The smallest absolute Gasteiger partial charge is 0.252 e. The molecule has 144 valence electrons. The first-order valence-electron chi connectivity index (χ1n) is 9.34. The van der Waals surface area contributed by atoms with Crippen molar-refractivity contribution in [1.82, 2.24) is 10.2 Å². The number of benzene rings is 1. The van der Waals surface area contributed by atoms with Gasteiger partial charge in [-0.1, -0.05) is 38.1 Å². The molecule has 1 aromatic carbocycles. The Hall–Kier alpha value is -2.02. The van der Waals surface area contributed by atoms with Crippen molar-refractivity contribution in [3.8, 4) is 0 Å². The fraction of sp³-hybridized carbons (Fsp3) is 0.429. The molecule has 27 heavy (non-hydrogen) atoms. The van der Waals surface area contributed by atoms with Gasteiger partial charge in [0.25, 0.3) is 5.91 Å². The van der Waals surface area contributed by atoms with Crippen molar-refractivity contribution in [3.63, 3.8) is 0 Å². The fourth-order valence-corrected chi connectivity index (χ4v) is 3.99. The predicted octanol–water partition coefficient (Wildman–Crippen LogP) is 3.07. The van der Waals surface area contributed by atoms with Gasteiger partial charge in [-0.2, -0.15) is 0 Å². The summed E-state index contributed by atoms with van der Waals surface area (Å²) in [6.07, 6.45) is -0.0263. The highest BCUT2D eigenvalue weighted by molar-refractivity contribution is 7.12. The lowest BCUT2D eigenvalue weighted by Crippen LogP contribution is -2.48. The van der Waals surface area contributed by atoms with Crippen LogP contribution in [-0.2, 0) is 4.74 Å². The zero-order chi connectivity index (χ0) is 19.2. The quantitative estimate of drug-likeness (QED) is 0.743. The summed E-state index contributed by atoms with van der Waals surface area (Å²) in [5, 5.41) is 4.80. The van der Waals surface area contributed by atoms with Crippen LogP contribution in [-0.4, -0.2) is 55.5 Å². The topological polar surface area (TPSA) is 58.6 Å². The molecule has 1 aliphatic rings. The van der Waals surface area contributed by atoms with E-state index in [1.165, 1.54) is 11.3 Å². The zero-order valence-electron chi connectivity index (χ0n) is 15.8. The summed E-state index contributed by atoms with van der Waals surface area (Å²) in [5.74, 6) is 0.251. The van der Waals surface area contributed by atoms with Crippen LogP contribution >= 0.6 is 11.3 Å². The molecule has 0 bridgehead atoms. The van der Waals surface area contributed by atoms with Gasteiger partial charge in [-0.15, -0.1) is 11.3 Å². The van der Waals surface area contributed by atoms with Crippen molar-refractivity contribution in [2.75, 3.05) is 32.8 Å². The molecule has 0 aliphatic carbocycles. The van der Waals surface area contributed by atoms with Crippen molar-refractivity contribution in [3.05, 3.63) is 57.8 Å².